The average Bonchev–Trinajstić information content (AvgIpc) is 3.13. The van der Waals surface area contributed by atoms with Crippen molar-refractivity contribution in [3.8, 4) is 5.75 Å². The Morgan fingerprint density at radius 3 is 2.53 bits per heavy atom. The lowest BCUT2D eigenvalue weighted by Gasteiger charge is -2.25. The van der Waals surface area contributed by atoms with Gasteiger partial charge in [0.15, 0.2) is 0 Å². The number of rotatable bonds is 9. The minimum absolute atomic E-state index is 0.0753. The zero-order chi connectivity index (χ0) is 25.7. The Kier molecular flexibility index (Phi) is 7.80. The highest BCUT2D eigenvalue weighted by Gasteiger charge is 2.45. The van der Waals surface area contributed by atoms with Gasteiger partial charge >= 0.3 is 0 Å². The Balaban J connectivity index is 1.60. The SMILES string of the molecule is Cc1cccc(COc2ccc(/C(O)=C3\C(=O)C(=O)N(CCCN(C)C)C3c3cccnc3)cc2)c1. The van der Waals surface area contributed by atoms with Gasteiger partial charge in [-0.05, 0) is 75.4 Å². The van der Waals surface area contributed by atoms with Gasteiger partial charge in [0.05, 0.1) is 11.6 Å². The predicted octanol–water partition coefficient (Wildman–Crippen LogP) is 4.34. The van der Waals surface area contributed by atoms with E-state index in [-0.39, 0.29) is 11.3 Å². The van der Waals surface area contributed by atoms with Crippen LogP contribution in [0.1, 0.15) is 34.7 Å². The zero-order valence-corrected chi connectivity index (χ0v) is 20.8. The highest BCUT2D eigenvalue weighted by Crippen LogP contribution is 2.39. The largest absolute Gasteiger partial charge is 0.507 e. The molecule has 1 aliphatic heterocycles. The van der Waals surface area contributed by atoms with Crippen molar-refractivity contribution in [3.05, 3.63) is 101 Å². The van der Waals surface area contributed by atoms with E-state index < -0.39 is 17.7 Å². The number of carbonyl (C=O) groups excluding carboxylic acids is 2. The molecule has 0 bridgehead atoms. The molecule has 1 atom stereocenters. The van der Waals surface area contributed by atoms with Crippen molar-refractivity contribution in [1.29, 1.82) is 0 Å². The number of Topliss-reactive ketones (excluding diaryl/α,β-unsaturated/α-hetero) is 1. The standard InChI is InChI=1S/C29H31N3O4/c1-20-7-4-8-21(17-20)19-36-24-12-10-22(11-13-24)27(33)25-26(23-9-5-14-30-18-23)32(29(35)28(25)34)16-6-15-31(2)3/h4-5,7-14,17-18,26,33H,6,15-16,19H2,1-3H3/b27-25+. The van der Waals surface area contributed by atoms with Crippen LogP contribution >= 0.6 is 0 Å². The zero-order valence-electron chi connectivity index (χ0n) is 20.8. The number of nitrogens with zero attached hydrogens (tertiary/aromatic N) is 3. The maximum atomic E-state index is 13.1. The van der Waals surface area contributed by atoms with Crippen molar-refractivity contribution in [2.75, 3.05) is 27.2 Å². The quantitative estimate of drug-likeness (QED) is 0.276. The number of aromatic nitrogens is 1. The number of aryl methyl sites for hydroxylation is 1. The molecule has 0 saturated carbocycles. The third kappa shape index (κ3) is 5.63. The molecule has 4 rings (SSSR count). The molecule has 1 aromatic heterocycles. The van der Waals surface area contributed by atoms with E-state index in [2.05, 4.69) is 11.1 Å². The second-order valence-electron chi connectivity index (χ2n) is 9.24. The molecule has 2 aromatic carbocycles. The summed E-state index contributed by atoms with van der Waals surface area (Å²) in [7, 11) is 3.92. The van der Waals surface area contributed by atoms with Crippen LogP contribution in [0.3, 0.4) is 0 Å². The summed E-state index contributed by atoms with van der Waals surface area (Å²) in [6.07, 6.45) is 3.96. The van der Waals surface area contributed by atoms with Gasteiger partial charge in [-0.1, -0.05) is 35.9 Å². The molecule has 186 valence electrons. The summed E-state index contributed by atoms with van der Waals surface area (Å²) in [5.74, 6) is -0.864. The summed E-state index contributed by atoms with van der Waals surface area (Å²) < 4.78 is 5.88. The second kappa shape index (κ2) is 11.2. The number of hydrogen-bond donors (Lipinski definition) is 1. The lowest BCUT2D eigenvalue weighted by Crippen LogP contribution is -2.32. The third-order valence-electron chi connectivity index (χ3n) is 6.16. The maximum absolute atomic E-state index is 13.1. The smallest absolute Gasteiger partial charge is 0.295 e. The maximum Gasteiger partial charge on any atom is 0.295 e. The van der Waals surface area contributed by atoms with Crippen molar-refractivity contribution >= 4 is 17.4 Å². The topological polar surface area (TPSA) is 83.0 Å². The monoisotopic (exact) mass is 485 g/mol. The van der Waals surface area contributed by atoms with E-state index in [0.29, 0.717) is 36.4 Å². The predicted molar refractivity (Wildman–Crippen MR) is 138 cm³/mol. The van der Waals surface area contributed by atoms with Gasteiger partial charge in [-0.3, -0.25) is 14.6 Å². The molecule has 7 heteroatoms. The van der Waals surface area contributed by atoms with E-state index in [9.17, 15) is 14.7 Å². The molecule has 1 saturated heterocycles. The second-order valence-corrected chi connectivity index (χ2v) is 9.24. The lowest BCUT2D eigenvalue weighted by molar-refractivity contribution is -0.139. The Labute approximate surface area is 211 Å². The highest BCUT2D eigenvalue weighted by atomic mass is 16.5. The first-order chi connectivity index (χ1) is 17.3. The van der Waals surface area contributed by atoms with Crippen molar-refractivity contribution in [2.45, 2.75) is 26.0 Å². The van der Waals surface area contributed by atoms with Crippen LogP contribution in [0.2, 0.25) is 0 Å². The number of pyridine rings is 1. The van der Waals surface area contributed by atoms with Gasteiger partial charge in [0, 0.05) is 24.5 Å². The molecular formula is C29H31N3O4. The third-order valence-corrected chi connectivity index (χ3v) is 6.16. The van der Waals surface area contributed by atoms with Crippen LogP contribution in [0, 0.1) is 6.92 Å². The van der Waals surface area contributed by atoms with Crippen molar-refractivity contribution in [1.82, 2.24) is 14.8 Å². The first kappa shape index (κ1) is 25.1. The van der Waals surface area contributed by atoms with Gasteiger partial charge in [0.1, 0.15) is 18.1 Å². The van der Waals surface area contributed by atoms with E-state index in [4.69, 9.17) is 4.74 Å². The van der Waals surface area contributed by atoms with Crippen LogP contribution in [-0.2, 0) is 16.2 Å². The first-order valence-electron chi connectivity index (χ1n) is 12.0. The first-order valence-corrected chi connectivity index (χ1v) is 12.0. The summed E-state index contributed by atoms with van der Waals surface area (Å²) in [4.78, 5) is 33.8. The van der Waals surface area contributed by atoms with E-state index >= 15 is 0 Å². The summed E-state index contributed by atoms with van der Waals surface area (Å²) >= 11 is 0. The normalized spacial score (nSPS) is 17.1. The molecule has 1 N–H and O–H groups in total. The van der Waals surface area contributed by atoms with Crippen LogP contribution in [0.5, 0.6) is 5.75 Å². The number of carbonyl (C=O) groups is 2. The fraction of sp³-hybridized carbons (Fsp3) is 0.276. The van der Waals surface area contributed by atoms with Crippen LogP contribution in [0.4, 0.5) is 0 Å². The minimum Gasteiger partial charge on any atom is -0.507 e. The van der Waals surface area contributed by atoms with E-state index in [1.54, 1.807) is 42.7 Å². The van der Waals surface area contributed by atoms with E-state index in [0.717, 1.165) is 17.7 Å². The van der Waals surface area contributed by atoms with E-state index in [1.165, 1.54) is 4.90 Å². The number of aliphatic hydroxyl groups is 1. The van der Waals surface area contributed by atoms with Crippen molar-refractivity contribution in [2.24, 2.45) is 0 Å². The molecule has 3 aromatic rings. The molecular weight excluding hydrogens is 454 g/mol. The van der Waals surface area contributed by atoms with Gasteiger partial charge in [-0.15, -0.1) is 0 Å². The van der Waals surface area contributed by atoms with Gasteiger partial charge in [-0.2, -0.15) is 0 Å². The Morgan fingerprint density at radius 1 is 1.08 bits per heavy atom. The molecule has 0 aliphatic carbocycles. The molecule has 36 heavy (non-hydrogen) atoms. The summed E-state index contributed by atoms with van der Waals surface area (Å²) in [5.41, 5.74) is 3.43. The van der Waals surface area contributed by atoms with Crippen LogP contribution in [-0.4, -0.2) is 58.8 Å². The molecule has 0 spiro atoms. The number of ketones is 1. The fourth-order valence-corrected chi connectivity index (χ4v) is 4.39. The minimum atomic E-state index is -0.696. The van der Waals surface area contributed by atoms with Crippen LogP contribution in [0.25, 0.3) is 5.76 Å². The van der Waals surface area contributed by atoms with Crippen molar-refractivity contribution < 1.29 is 19.4 Å². The van der Waals surface area contributed by atoms with Crippen LogP contribution < -0.4 is 4.74 Å². The fourth-order valence-electron chi connectivity index (χ4n) is 4.39. The van der Waals surface area contributed by atoms with Crippen molar-refractivity contribution in [3.63, 3.8) is 0 Å². The number of benzene rings is 2. The van der Waals surface area contributed by atoms with Gasteiger partial charge in [0.2, 0.25) is 0 Å². The highest BCUT2D eigenvalue weighted by molar-refractivity contribution is 6.46. The lowest BCUT2D eigenvalue weighted by atomic mass is 9.96. The molecule has 1 aliphatic rings. The molecule has 1 amide bonds. The number of hydrogen-bond acceptors (Lipinski definition) is 6. The number of aliphatic hydroxyl groups excluding tert-OH is 1. The number of likely N-dealkylation sites (tertiary alicyclic amines) is 1. The molecule has 2 heterocycles. The molecule has 7 nitrogen and oxygen atoms in total. The average molecular weight is 486 g/mol. The Hall–Kier alpha value is -3.97. The molecule has 1 fully saturated rings. The van der Waals surface area contributed by atoms with Gasteiger partial charge < -0.3 is 19.6 Å². The van der Waals surface area contributed by atoms with Crippen LogP contribution in [0.15, 0.2) is 78.6 Å². The summed E-state index contributed by atoms with van der Waals surface area (Å²) in [6, 6.07) is 17.9. The molecule has 0 radical (unpaired) electrons. The van der Waals surface area contributed by atoms with Gasteiger partial charge in [-0.25, -0.2) is 0 Å². The number of ether oxygens (including phenoxy) is 1. The Morgan fingerprint density at radius 2 is 1.86 bits per heavy atom. The van der Waals surface area contributed by atoms with Gasteiger partial charge in [0.25, 0.3) is 11.7 Å². The summed E-state index contributed by atoms with van der Waals surface area (Å²) in [5, 5.41) is 11.2. The Bertz CT molecular complexity index is 1250. The summed E-state index contributed by atoms with van der Waals surface area (Å²) in [6.45, 7) is 3.62. The number of amides is 1. The molecule has 1 unspecified atom stereocenters. The van der Waals surface area contributed by atoms with E-state index in [1.807, 2.05) is 50.2 Å².